The third kappa shape index (κ3) is 3.86. The summed E-state index contributed by atoms with van der Waals surface area (Å²) >= 11 is 1.64. The number of amides is 1. The first-order valence-corrected chi connectivity index (χ1v) is 10.5. The molecule has 0 radical (unpaired) electrons. The van der Waals surface area contributed by atoms with E-state index in [1.807, 2.05) is 37.1 Å². The average molecular weight is 396 g/mol. The first-order chi connectivity index (χ1) is 13.6. The number of thiophene rings is 1. The van der Waals surface area contributed by atoms with E-state index in [9.17, 15) is 4.79 Å². The number of anilines is 1. The topological polar surface area (TPSA) is 52.6 Å². The predicted octanol–water partition coefficient (Wildman–Crippen LogP) is 2.86. The molecule has 1 atom stereocenters. The number of piperazine rings is 1. The highest BCUT2D eigenvalue weighted by atomic mass is 32.1. The molecule has 1 aliphatic rings. The van der Waals surface area contributed by atoms with Crippen molar-refractivity contribution in [2.45, 2.75) is 19.5 Å². The van der Waals surface area contributed by atoms with Crippen LogP contribution in [0.4, 0.5) is 5.82 Å². The average Bonchev–Trinajstić information content (AvgIpc) is 3.22. The second-order valence-electron chi connectivity index (χ2n) is 7.22. The van der Waals surface area contributed by atoms with Gasteiger partial charge in [-0.1, -0.05) is 30.3 Å². The van der Waals surface area contributed by atoms with E-state index < -0.39 is 0 Å². The SMILES string of the molecule is CC(C(=O)N(C)Cc1ccccc1)N1CCN(c2ncnc3sccc23)CC1. The normalized spacial score (nSPS) is 16.3. The minimum Gasteiger partial charge on any atom is -0.353 e. The van der Waals surface area contributed by atoms with E-state index in [1.165, 1.54) is 0 Å². The number of carbonyl (C=O) groups is 1. The van der Waals surface area contributed by atoms with Crippen LogP contribution in [0.25, 0.3) is 10.2 Å². The second kappa shape index (κ2) is 8.24. The van der Waals surface area contributed by atoms with Crippen molar-refractivity contribution in [3.8, 4) is 0 Å². The van der Waals surface area contributed by atoms with Gasteiger partial charge in [-0.15, -0.1) is 11.3 Å². The summed E-state index contributed by atoms with van der Waals surface area (Å²) in [4.78, 5) is 29.2. The zero-order chi connectivity index (χ0) is 19.5. The fourth-order valence-corrected chi connectivity index (χ4v) is 4.49. The molecule has 4 rings (SSSR count). The van der Waals surface area contributed by atoms with Gasteiger partial charge >= 0.3 is 0 Å². The van der Waals surface area contributed by atoms with Gasteiger partial charge < -0.3 is 9.80 Å². The van der Waals surface area contributed by atoms with Gasteiger partial charge in [-0.2, -0.15) is 0 Å². The molecule has 0 saturated carbocycles. The summed E-state index contributed by atoms with van der Waals surface area (Å²) in [6.07, 6.45) is 1.64. The number of fused-ring (bicyclic) bond motifs is 1. The van der Waals surface area contributed by atoms with Crippen LogP contribution in [0.3, 0.4) is 0 Å². The molecule has 6 nitrogen and oxygen atoms in total. The highest BCUT2D eigenvalue weighted by Crippen LogP contribution is 2.27. The molecular weight excluding hydrogens is 370 g/mol. The minimum absolute atomic E-state index is 0.123. The molecule has 3 aromatic rings. The maximum absolute atomic E-state index is 12.9. The van der Waals surface area contributed by atoms with Gasteiger partial charge in [0.05, 0.1) is 11.4 Å². The van der Waals surface area contributed by atoms with Crippen molar-refractivity contribution < 1.29 is 4.79 Å². The summed E-state index contributed by atoms with van der Waals surface area (Å²) in [6.45, 7) is 6.08. The molecule has 7 heteroatoms. The molecule has 0 bridgehead atoms. The van der Waals surface area contributed by atoms with Gasteiger partial charge in [0, 0.05) is 39.8 Å². The van der Waals surface area contributed by atoms with Crippen molar-refractivity contribution in [2.24, 2.45) is 0 Å². The molecular formula is C21H25N5OS. The van der Waals surface area contributed by atoms with Crippen LogP contribution in [0.2, 0.25) is 0 Å². The number of nitrogens with zero attached hydrogens (tertiary/aromatic N) is 5. The molecule has 28 heavy (non-hydrogen) atoms. The first kappa shape index (κ1) is 18.8. The molecule has 1 aliphatic heterocycles. The summed E-state index contributed by atoms with van der Waals surface area (Å²) in [6, 6.07) is 12.1. The Balaban J connectivity index is 1.36. The van der Waals surface area contributed by atoms with E-state index in [4.69, 9.17) is 0 Å². The molecule has 146 valence electrons. The van der Waals surface area contributed by atoms with E-state index in [2.05, 4.69) is 43.3 Å². The molecule has 1 unspecified atom stereocenters. The smallest absolute Gasteiger partial charge is 0.239 e. The number of likely N-dealkylation sites (N-methyl/N-ethyl adjacent to an activating group) is 1. The number of benzene rings is 1. The fraction of sp³-hybridized carbons (Fsp3) is 0.381. The zero-order valence-corrected chi connectivity index (χ0v) is 17.1. The number of rotatable bonds is 5. The molecule has 1 amide bonds. The van der Waals surface area contributed by atoms with Gasteiger partial charge in [-0.05, 0) is 23.9 Å². The monoisotopic (exact) mass is 395 g/mol. The van der Waals surface area contributed by atoms with Crippen molar-refractivity contribution in [1.29, 1.82) is 0 Å². The van der Waals surface area contributed by atoms with Gasteiger partial charge in [0.25, 0.3) is 0 Å². The van der Waals surface area contributed by atoms with Crippen LogP contribution in [0.5, 0.6) is 0 Å². The van der Waals surface area contributed by atoms with Crippen molar-refractivity contribution >= 4 is 33.3 Å². The maximum atomic E-state index is 12.9. The van der Waals surface area contributed by atoms with E-state index in [0.29, 0.717) is 6.54 Å². The Bertz CT molecular complexity index is 936. The van der Waals surface area contributed by atoms with Crippen molar-refractivity contribution in [2.75, 3.05) is 38.1 Å². The Kier molecular flexibility index (Phi) is 5.54. The van der Waals surface area contributed by atoms with Crippen LogP contribution in [0, 0.1) is 0 Å². The summed E-state index contributed by atoms with van der Waals surface area (Å²) in [5.74, 6) is 1.17. The van der Waals surface area contributed by atoms with Gasteiger partial charge in [-0.3, -0.25) is 9.69 Å². The lowest BCUT2D eigenvalue weighted by Crippen LogP contribution is -2.54. The molecule has 1 fully saturated rings. The zero-order valence-electron chi connectivity index (χ0n) is 16.3. The Hall–Kier alpha value is -2.51. The van der Waals surface area contributed by atoms with E-state index >= 15 is 0 Å². The third-order valence-corrected chi connectivity index (χ3v) is 6.22. The van der Waals surface area contributed by atoms with E-state index in [1.54, 1.807) is 17.7 Å². The van der Waals surface area contributed by atoms with Crippen LogP contribution in [0.15, 0.2) is 48.1 Å². The maximum Gasteiger partial charge on any atom is 0.239 e. The summed E-state index contributed by atoms with van der Waals surface area (Å²) in [5.41, 5.74) is 1.15. The van der Waals surface area contributed by atoms with Crippen LogP contribution < -0.4 is 4.90 Å². The third-order valence-electron chi connectivity index (χ3n) is 5.40. The second-order valence-corrected chi connectivity index (χ2v) is 8.11. The van der Waals surface area contributed by atoms with Crippen molar-refractivity contribution in [3.05, 3.63) is 53.7 Å². The molecule has 1 aromatic carbocycles. The Morgan fingerprint density at radius 3 is 2.64 bits per heavy atom. The van der Waals surface area contributed by atoms with Crippen molar-refractivity contribution in [3.63, 3.8) is 0 Å². The van der Waals surface area contributed by atoms with E-state index in [-0.39, 0.29) is 11.9 Å². The Morgan fingerprint density at radius 2 is 1.89 bits per heavy atom. The lowest BCUT2D eigenvalue weighted by atomic mass is 10.1. The Morgan fingerprint density at radius 1 is 1.14 bits per heavy atom. The summed E-state index contributed by atoms with van der Waals surface area (Å²) in [7, 11) is 1.89. The fourth-order valence-electron chi connectivity index (χ4n) is 3.76. The van der Waals surface area contributed by atoms with Gasteiger partial charge in [0.1, 0.15) is 17.0 Å². The predicted molar refractivity (Wildman–Crippen MR) is 114 cm³/mol. The largest absolute Gasteiger partial charge is 0.353 e. The van der Waals surface area contributed by atoms with Gasteiger partial charge in [-0.25, -0.2) is 9.97 Å². The number of hydrogen-bond acceptors (Lipinski definition) is 6. The molecule has 3 heterocycles. The number of carbonyl (C=O) groups excluding carboxylic acids is 1. The highest BCUT2D eigenvalue weighted by molar-refractivity contribution is 7.16. The van der Waals surface area contributed by atoms with Crippen LogP contribution >= 0.6 is 11.3 Å². The van der Waals surface area contributed by atoms with Crippen molar-refractivity contribution in [1.82, 2.24) is 19.8 Å². The Labute approximate surface area is 169 Å². The summed E-state index contributed by atoms with van der Waals surface area (Å²) in [5, 5.41) is 3.18. The van der Waals surface area contributed by atoms with Gasteiger partial charge in [0.15, 0.2) is 0 Å². The lowest BCUT2D eigenvalue weighted by molar-refractivity contribution is -0.135. The molecule has 0 N–H and O–H groups in total. The van der Waals surface area contributed by atoms with Crippen LogP contribution in [0.1, 0.15) is 12.5 Å². The van der Waals surface area contributed by atoms with Crippen LogP contribution in [-0.2, 0) is 11.3 Å². The molecule has 0 aliphatic carbocycles. The standard InChI is InChI=1S/C21H25N5OS/c1-16(21(27)24(2)14-17-6-4-3-5-7-17)25-9-11-26(12-10-25)19-18-8-13-28-20(18)23-15-22-19/h3-8,13,15-16H,9-12,14H2,1-2H3. The molecule has 2 aromatic heterocycles. The molecule has 1 saturated heterocycles. The molecule has 0 spiro atoms. The minimum atomic E-state index is -0.123. The highest BCUT2D eigenvalue weighted by Gasteiger charge is 2.28. The van der Waals surface area contributed by atoms with Crippen LogP contribution in [-0.4, -0.2) is 64.9 Å². The van der Waals surface area contributed by atoms with Gasteiger partial charge in [0.2, 0.25) is 5.91 Å². The first-order valence-electron chi connectivity index (χ1n) is 9.59. The quantitative estimate of drug-likeness (QED) is 0.665. The lowest BCUT2D eigenvalue weighted by Gasteiger charge is -2.39. The number of hydrogen-bond donors (Lipinski definition) is 0. The van der Waals surface area contributed by atoms with E-state index in [0.717, 1.165) is 47.8 Å². The summed E-state index contributed by atoms with van der Waals surface area (Å²) < 4.78 is 0. The number of aromatic nitrogens is 2.